The van der Waals surface area contributed by atoms with Crippen LogP contribution in [0.1, 0.15) is 5.56 Å². The number of rotatable bonds is 3. The second kappa shape index (κ2) is 6.41. The van der Waals surface area contributed by atoms with E-state index in [2.05, 4.69) is 35.1 Å². The molecule has 0 atom stereocenters. The first kappa shape index (κ1) is 17.6. The Morgan fingerprint density at radius 3 is 2.54 bits per heavy atom. The molecule has 1 aliphatic heterocycles. The van der Waals surface area contributed by atoms with Gasteiger partial charge in [0.25, 0.3) is 0 Å². The molecular weight excluding hydrogens is 370 g/mol. The fourth-order valence-electron chi connectivity index (χ4n) is 3.50. The molecule has 26 heavy (non-hydrogen) atoms. The summed E-state index contributed by atoms with van der Waals surface area (Å²) in [5, 5.41) is 5.85. The molecule has 3 heterocycles. The van der Waals surface area contributed by atoms with Gasteiger partial charge in [-0.15, -0.1) is 0 Å². The zero-order chi connectivity index (χ0) is 18.5. The number of piperazine rings is 1. The molecule has 0 aliphatic carbocycles. The first-order chi connectivity index (χ1) is 12.3. The third-order valence-corrected chi connectivity index (χ3v) is 6.61. The third kappa shape index (κ3) is 3.05. The summed E-state index contributed by atoms with van der Waals surface area (Å²) in [5.74, 6) is 0. The molecule has 2 aromatic heterocycles. The van der Waals surface area contributed by atoms with Gasteiger partial charge in [-0.2, -0.15) is 9.40 Å². The van der Waals surface area contributed by atoms with E-state index in [1.165, 1.54) is 16.1 Å². The van der Waals surface area contributed by atoms with Crippen LogP contribution >= 0.6 is 12.2 Å². The lowest BCUT2D eigenvalue weighted by molar-refractivity contribution is 0.145. The van der Waals surface area contributed by atoms with E-state index in [0.717, 1.165) is 16.6 Å². The smallest absolute Gasteiger partial charge is 0.211 e. The first-order valence-electron chi connectivity index (χ1n) is 8.50. The van der Waals surface area contributed by atoms with E-state index < -0.39 is 10.0 Å². The summed E-state index contributed by atoms with van der Waals surface area (Å²) in [7, 11) is -3.12. The Hall–Kier alpha value is -1.81. The summed E-state index contributed by atoms with van der Waals surface area (Å²) >= 11 is 5.68. The molecule has 0 spiro atoms. The highest BCUT2D eigenvalue weighted by molar-refractivity contribution is 7.88. The molecule has 138 valence electrons. The van der Waals surface area contributed by atoms with Gasteiger partial charge in [0.15, 0.2) is 5.65 Å². The number of aryl methyl sites for hydroxylation is 1. The highest BCUT2D eigenvalue weighted by Gasteiger charge is 2.24. The summed E-state index contributed by atoms with van der Waals surface area (Å²) in [6.45, 7) is 4.98. The molecule has 3 aromatic rings. The molecule has 0 radical (unpaired) electrons. The van der Waals surface area contributed by atoms with Crippen molar-refractivity contribution in [3.8, 4) is 0 Å². The van der Waals surface area contributed by atoms with Gasteiger partial charge < -0.3 is 0 Å². The lowest BCUT2D eigenvalue weighted by Crippen LogP contribution is -2.48. The van der Waals surface area contributed by atoms with E-state index in [-0.39, 0.29) is 0 Å². The Morgan fingerprint density at radius 1 is 1.15 bits per heavy atom. The van der Waals surface area contributed by atoms with Crippen molar-refractivity contribution in [3.05, 3.63) is 40.7 Å². The Kier molecular flexibility index (Phi) is 4.34. The van der Waals surface area contributed by atoms with Gasteiger partial charge in [-0.05, 0) is 36.8 Å². The zero-order valence-electron chi connectivity index (χ0n) is 14.8. The number of nitrogens with zero attached hydrogens (tertiary/aromatic N) is 5. The van der Waals surface area contributed by atoms with E-state index in [4.69, 9.17) is 12.2 Å². The van der Waals surface area contributed by atoms with Crippen molar-refractivity contribution < 1.29 is 8.42 Å². The van der Waals surface area contributed by atoms with Crippen molar-refractivity contribution in [2.24, 2.45) is 0 Å². The maximum absolute atomic E-state index is 11.6. The van der Waals surface area contributed by atoms with Crippen LogP contribution in [0.3, 0.4) is 0 Å². The third-order valence-electron chi connectivity index (χ3n) is 4.91. The normalized spacial score (nSPS) is 17.3. The van der Waals surface area contributed by atoms with Crippen molar-refractivity contribution in [2.45, 2.75) is 13.6 Å². The number of sulfonamides is 1. The van der Waals surface area contributed by atoms with E-state index in [1.54, 1.807) is 0 Å². The van der Waals surface area contributed by atoms with Crippen LogP contribution in [0, 0.1) is 11.7 Å². The molecule has 9 heteroatoms. The molecule has 0 amide bonds. The van der Waals surface area contributed by atoms with E-state index in [1.807, 2.05) is 21.2 Å². The summed E-state index contributed by atoms with van der Waals surface area (Å²) < 4.78 is 29.3. The minimum atomic E-state index is -3.12. The van der Waals surface area contributed by atoms with Crippen LogP contribution in [0.25, 0.3) is 16.6 Å². The minimum Gasteiger partial charge on any atom is -0.282 e. The monoisotopic (exact) mass is 391 g/mol. The average Bonchev–Trinajstić information content (AvgIpc) is 2.90. The predicted octanol–water partition coefficient (Wildman–Crippen LogP) is 1.86. The minimum absolute atomic E-state index is 0.502. The van der Waals surface area contributed by atoms with Gasteiger partial charge in [0.1, 0.15) is 0 Å². The van der Waals surface area contributed by atoms with Crippen LogP contribution in [-0.2, 0) is 16.7 Å². The Morgan fingerprint density at radius 2 is 1.85 bits per heavy atom. The number of pyridine rings is 1. The molecule has 1 saturated heterocycles. The predicted molar refractivity (Wildman–Crippen MR) is 104 cm³/mol. The summed E-state index contributed by atoms with van der Waals surface area (Å²) in [6, 6.07) is 10.2. The van der Waals surface area contributed by atoms with Gasteiger partial charge >= 0.3 is 0 Å². The first-order valence-corrected chi connectivity index (χ1v) is 10.8. The average molecular weight is 392 g/mol. The SMILES string of the molecule is Cc1cc2nn(CN3CCN(S(C)(=O)=O)CC3)c(=S)n2c2ccccc12. The second-order valence-corrected chi connectivity index (χ2v) is 9.09. The van der Waals surface area contributed by atoms with Gasteiger partial charge in [0.2, 0.25) is 14.8 Å². The van der Waals surface area contributed by atoms with Crippen molar-refractivity contribution in [1.82, 2.24) is 23.4 Å². The molecule has 1 aromatic carbocycles. The highest BCUT2D eigenvalue weighted by Crippen LogP contribution is 2.21. The lowest BCUT2D eigenvalue weighted by Gasteiger charge is -2.32. The van der Waals surface area contributed by atoms with E-state index in [0.29, 0.717) is 37.6 Å². The van der Waals surface area contributed by atoms with Crippen molar-refractivity contribution in [1.29, 1.82) is 0 Å². The standard InChI is InChI=1S/C17H21N5O2S2/c1-13-11-16-18-21(12-19-7-9-20(10-8-19)26(2,23)24)17(25)22(16)15-6-4-3-5-14(13)15/h3-6,11H,7-10,12H2,1-2H3. The van der Waals surface area contributed by atoms with Crippen LogP contribution in [-0.4, -0.2) is 64.2 Å². The molecule has 7 nitrogen and oxygen atoms in total. The van der Waals surface area contributed by atoms with Gasteiger partial charge in [0, 0.05) is 31.6 Å². The second-order valence-electron chi connectivity index (χ2n) is 6.74. The van der Waals surface area contributed by atoms with Crippen LogP contribution in [0.15, 0.2) is 30.3 Å². The van der Waals surface area contributed by atoms with Gasteiger partial charge in [-0.1, -0.05) is 18.2 Å². The van der Waals surface area contributed by atoms with Crippen LogP contribution in [0.2, 0.25) is 0 Å². The van der Waals surface area contributed by atoms with E-state index in [9.17, 15) is 8.42 Å². The lowest BCUT2D eigenvalue weighted by atomic mass is 10.1. The van der Waals surface area contributed by atoms with Crippen molar-refractivity contribution in [3.63, 3.8) is 0 Å². The molecule has 0 saturated carbocycles. The molecule has 0 bridgehead atoms. The number of aromatic nitrogens is 3. The number of para-hydroxylation sites is 1. The number of fused-ring (bicyclic) bond motifs is 3. The molecular formula is C17H21N5O2S2. The van der Waals surface area contributed by atoms with Crippen LogP contribution in [0.5, 0.6) is 0 Å². The molecule has 1 fully saturated rings. The zero-order valence-corrected chi connectivity index (χ0v) is 16.4. The molecule has 0 unspecified atom stereocenters. The Bertz CT molecular complexity index is 1140. The van der Waals surface area contributed by atoms with Crippen LogP contribution < -0.4 is 0 Å². The summed E-state index contributed by atoms with van der Waals surface area (Å²) in [4.78, 5) is 2.18. The quantitative estimate of drug-likeness (QED) is 0.638. The van der Waals surface area contributed by atoms with E-state index >= 15 is 0 Å². The fraction of sp³-hybridized carbons (Fsp3) is 0.412. The Labute approximate surface area is 157 Å². The molecule has 1 aliphatic rings. The van der Waals surface area contributed by atoms with Gasteiger partial charge in [0.05, 0.1) is 18.4 Å². The number of hydrogen-bond donors (Lipinski definition) is 0. The fourth-order valence-corrected chi connectivity index (χ4v) is 4.62. The largest absolute Gasteiger partial charge is 0.282 e. The van der Waals surface area contributed by atoms with Crippen molar-refractivity contribution >= 4 is 38.8 Å². The number of hydrogen-bond acceptors (Lipinski definition) is 5. The number of benzene rings is 1. The molecule has 0 N–H and O–H groups in total. The van der Waals surface area contributed by atoms with Crippen LogP contribution in [0.4, 0.5) is 0 Å². The summed E-state index contributed by atoms with van der Waals surface area (Å²) in [6.07, 6.45) is 1.26. The van der Waals surface area contributed by atoms with Gasteiger partial charge in [-0.25, -0.2) is 13.1 Å². The summed E-state index contributed by atoms with van der Waals surface area (Å²) in [5.41, 5.74) is 3.06. The topological polar surface area (TPSA) is 62.9 Å². The Balaban J connectivity index is 1.66. The van der Waals surface area contributed by atoms with Gasteiger partial charge in [-0.3, -0.25) is 9.30 Å². The highest BCUT2D eigenvalue weighted by atomic mass is 32.2. The molecule has 4 rings (SSSR count). The maximum Gasteiger partial charge on any atom is 0.211 e. The maximum atomic E-state index is 11.6. The van der Waals surface area contributed by atoms with Crippen molar-refractivity contribution in [2.75, 3.05) is 32.4 Å².